The van der Waals surface area contributed by atoms with Gasteiger partial charge >= 0.3 is 0 Å². The molecule has 0 aromatic heterocycles. The largest absolute Gasteiger partial charge is 0.291 e. The van der Waals surface area contributed by atoms with Crippen LogP contribution in [0.25, 0.3) is 0 Å². The Morgan fingerprint density at radius 2 is 1.47 bits per heavy atom. The Kier molecular flexibility index (Phi) is 11.0. The molecule has 1 saturated carbocycles. The molecular weight excluding hydrogens is 388 g/mol. The summed E-state index contributed by atoms with van der Waals surface area (Å²) in [6.07, 6.45) is 10.1. The van der Waals surface area contributed by atoms with Crippen LogP contribution in [0.1, 0.15) is 141 Å². The van der Waals surface area contributed by atoms with Crippen LogP contribution >= 0.6 is 0 Å². The second-order valence-corrected chi connectivity index (χ2v) is 13.9. The van der Waals surface area contributed by atoms with Crippen molar-refractivity contribution in [1.29, 1.82) is 0 Å². The van der Waals surface area contributed by atoms with Crippen molar-refractivity contribution in [2.24, 2.45) is 27.7 Å². The molecule has 0 N–H and O–H groups in total. The van der Waals surface area contributed by atoms with Gasteiger partial charge in [0.1, 0.15) is 0 Å². The topological polar surface area (TPSA) is 15.6 Å². The molecule has 0 radical (unpaired) electrons. The van der Waals surface area contributed by atoms with Crippen LogP contribution in [0.5, 0.6) is 0 Å². The Bertz CT molecular complexity index is 573. The number of hydrogen-bond acceptors (Lipinski definition) is 2. The molecule has 1 aliphatic rings. The Balaban J connectivity index is 3.53. The monoisotopic (exact) mass is 448 g/mol. The van der Waals surface area contributed by atoms with E-state index in [1.165, 1.54) is 37.8 Å². The summed E-state index contributed by atoms with van der Waals surface area (Å²) in [4.78, 5) is 8.48. The van der Waals surface area contributed by atoms with Crippen LogP contribution < -0.4 is 0 Å². The van der Waals surface area contributed by atoms with Crippen LogP contribution in [-0.2, 0) is 0 Å². The average Bonchev–Trinajstić information content (AvgIpc) is 2.64. The van der Waals surface area contributed by atoms with Crippen LogP contribution in [0.15, 0.2) is 4.99 Å². The smallest absolute Gasteiger partial charge is 0.0544 e. The van der Waals surface area contributed by atoms with Crippen LogP contribution in [0.3, 0.4) is 0 Å². The maximum atomic E-state index is 5.47. The van der Waals surface area contributed by atoms with Crippen LogP contribution in [0, 0.1) is 22.7 Å². The third-order valence-electron chi connectivity index (χ3n) is 8.53. The summed E-state index contributed by atoms with van der Waals surface area (Å²) < 4.78 is 0. The molecule has 0 heterocycles. The third-order valence-corrected chi connectivity index (χ3v) is 8.53. The molecule has 4 unspecified atom stereocenters. The highest BCUT2D eigenvalue weighted by atomic mass is 15.3. The van der Waals surface area contributed by atoms with Gasteiger partial charge in [0.15, 0.2) is 0 Å². The lowest BCUT2D eigenvalue weighted by Gasteiger charge is -2.56. The molecule has 4 atom stereocenters. The molecule has 32 heavy (non-hydrogen) atoms. The highest BCUT2D eigenvalue weighted by Crippen LogP contribution is 2.42. The standard InChI is InChI=1S/C30H60N2/c1-14-18-24(31-26(15-2)28(6,7)8)21-27(29(9,10)11)32(30(12,13)22(3)4)25-20-17-16-19-23(25)5/h22-23,25-27H,14-21H2,1-13H3. The minimum absolute atomic E-state index is 0.166. The van der Waals surface area contributed by atoms with E-state index in [0.29, 0.717) is 24.0 Å². The van der Waals surface area contributed by atoms with E-state index in [1.54, 1.807) is 0 Å². The van der Waals surface area contributed by atoms with Gasteiger partial charge in [-0.25, -0.2) is 0 Å². The molecule has 1 rings (SSSR count). The molecule has 0 aromatic rings. The van der Waals surface area contributed by atoms with Crippen LogP contribution in [0.4, 0.5) is 0 Å². The number of hydrogen-bond donors (Lipinski definition) is 0. The molecule has 1 aliphatic carbocycles. The van der Waals surface area contributed by atoms with Crippen molar-refractivity contribution in [3.63, 3.8) is 0 Å². The summed E-state index contributed by atoms with van der Waals surface area (Å²) in [6.45, 7) is 31.5. The first-order chi connectivity index (χ1) is 14.6. The summed E-state index contributed by atoms with van der Waals surface area (Å²) >= 11 is 0. The van der Waals surface area contributed by atoms with Gasteiger partial charge in [0.25, 0.3) is 0 Å². The quantitative estimate of drug-likeness (QED) is 0.304. The van der Waals surface area contributed by atoms with E-state index in [0.717, 1.165) is 25.2 Å². The minimum Gasteiger partial charge on any atom is -0.291 e. The van der Waals surface area contributed by atoms with Crippen LogP contribution in [0.2, 0.25) is 0 Å². The van der Waals surface area contributed by atoms with Crippen molar-refractivity contribution >= 4 is 5.71 Å². The van der Waals surface area contributed by atoms with Gasteiger partial charge in [0, 0.05) is 29.8 Å². The normalized spacial score (nSPS) is 23.7. The van der Waals surface area contributed by atoms with E-state index in [9.17, 15) is 0 Å². The highest BCUT2D eigenvalue weighted by Gasteiger charge is 2.45. The van der Waals surface area contributed by atoms with Crippen molar-refractivity contribution in [2.75, 3.05) is 0 Å². The van der Waals surface area contributed by atoms with Crippen molar-refractivity contribution in [2.45, 2.75) is 165 Å². The third kappa shape index (κ3) is 7.85. The Labute approximate surface area is 203 Å². The molecular formula is C30H60N2. The van der Waals surface area contributed by atoms with Gasteiger partial charge in [-0.15, -0.1) is 0 Å². The van der Waals surface area contributed by atoms with E-state index in [-0.39, 0.29) is 16.4 Å². The van der Waals surface area contributed by atoms with E-state index >= 15 is 0 Å². The lowest BCUT2D eigenvalue weighted by molar-refractivity contribution is -0.0683. The summed E-state index contributed by atoms with van der Waals surface area (Å²) in [6, 6.07) is 1.59. The van der Waals surface area contributed by atoms with Gasteiger partial charge in [-0.3, -0.25) is 9.89 Å². The maximum Gasteiger partial charge on any atom is 0.0544 e. The van der Waals surface area contributed by atoms with Crippen molar-refractivity contribution in [3.8, 4) is 0 Å². The molecule has 0 spiro atoms. The summed E-state index contributed by atoms with van der Waals surface area (Å²) in [5.74, 6) is 1.39. The highest BCUT2D eigenvalue weighted by molar-refractivity contribution is 5.85. The van der Waals surface area contributed by atoms with Gasteiger partial charge in [0.2, 0.25) is 0 Å². The fraction of sp³-hybridized carbons (Fsp3) is 0.967. The summed E-state index contributed by atoms with van der Waals surface area (Å²) in [5.41, 5.74) is 2.06. The molecule has 1 fully saturated rings. The van der Waals surface area contributed by atoms with Crippen molar-refractivity contribution < 1.29 is 0 Å². The molecule has 0 aromatic carbocycles. The van der Waals surface area contributed by atoms with E-state index in [4.69, 9.17) is 4.99 Å². The Morgan fingerprint density at radius 3 is 1.88 bits per heavy atom. The molecule has 0 amide bonds. The predicted octanol–water partition coefficient (Wildman–Crippen LogP) is 9.17. The Morgan fingerprint density at radius 1 is 0.906 bits per heavy atom. The zero-order chi connectivity index (χ0) is 24.9. The number of nitrogens with zero attached hydrogens (tertiary/aromatic N) is 2. The minimum atomic E-state index is 0.166. The van der Waals surface area contributed by atoms with Crippen LogP contribution in [-0.4, -0.2) is 34.3 Å². The SMILES string of the molecule is CCCC(CC(N(C1CCCCC1C)C(C)(C)C(C)C)C(C)(C)C)=NC(CC)C(C)(C)C. The molecule has 190 valence electrons. The van der Waals surface area contributed by atoms with E-state index in [2.05, 4.69) is 94.9 Å². The predicted molar refractivity (Wildman–Crippen MR) is 146 cm³/mol. The fourth-order valence-corrected chi connectivity index (χ4v) is 5.74. The number of rotatable bonds is 10. The second kappa shape index (κ2) is 11.9. The van der Waals surface area contributed by atoms with Gasteiger partial charge in [-0.05, 0) is 62.2 Å². The zero-order valence-electron chi connectivity index (χ0n) is 24.4. The molecule has 0 saturated heterocycles. The number of aliphatic imine (C=N–C) groups is 1. The first-order valence-electron chi connectivity index (χ1n) is 13.9. The fourth-order valence-electron chi connectivity index (χ4n) is 5.74. The lowest BCUT2D eigenvalue weighted by Crippen LogP contribution is -2.63. The van der Waals surface area contributed by atoms with Crippen molar-refractivity contribution in [3.05, 3.63) is 0 Å². The zero-order valence-corrected chi connectivity index (χ0v) is 24.4. The summed E-state index contributed by atoms with van der Waals surface area (Å²) in [5, 5.41) is 0. The average molecular weight is 449 g/mol. The van der Waals surface area contributed by atoms with Crippen molar-refractivity contribution in [1.82, 2.24) is 4.90 Å². The van der Waals surface area contributed by atoms with E-state index in [1.807, 2.05) is 0 Å². The van der Waals surface area contributed by atoms with Gasteiger partial charge < -0.3 is 0 Å². The molecule has 0 aliphatic heterocycles. The first-order valence-corrected chi connectivity index (χ1v) is 13.9. The molecule has 2 heteroatoms. The maximum absolute atomic E-state index is 5.47. The van der Waals surface area contributed by atoms with E-state index < -0.39 is 0 Å². The second-order valence-electron chi connectivity index (χ2n) is 13.9. The molecule has 0 bridgehead atoms. The first kappa shape index (κ1) is 29.7. The van der Waals surface area contributed by atoms with Gasteiger partial charge in [-0.1, -0.05) is 95.4 Å². The molecule has 2 nitrogen and oxygen atoms in total. The summed E-state index contributed by atoms with van der Waals surface area (Å²) in [7, 11) is 0. The van der Waals surface area contributed by atoms with Gasteiger partial charge in [0.05, 0.1) is 6.04 Å². The lowest BCUT2D eigenvalue weighted by atomic mass is 9.73. The van der Waals surface area contributed by atoms with Gasteiger partial charge in [-0.2, -0.15) is 0 Å². The Hall–Kier alpha value is -0.370.